The molecule has 0 atom stereocenters. The van der Waals surface area contributed by atoms with Gasteiger partial charge in [0.15, 0.2) is 11.5 Å². The molecule has 0 unspecified atom stereocenters. The van der Waals surface area contributed by atoms with Crippen LogP contribution in [0.1, 0.15) is 16.7 Å². The number of methoxy groups -OCH3 is 1. The molecule has 41 heavy (non-hydrogen) atoms. The third kappa shape index (κ3) is 5.29. The number of benzene rings is 4. The van der Waals surface area contributed by atoms with Crippen LogP contribution in [0.5, 0.6) is 11.5 Å². The Morgan fingerprint density at radius 3 is 2.46 bits per heavy atom. The van der Waals surface area contributed by atoms with E-state index in [-0.39, 0.29) is 11.4 Å². The first kappa shape index (κ1) is 26.6. The van der Waals surface area contributed by atoms with Gasteiger partial charge in [-0.2, -0.15) is 9.78 Å². The number of rotatable bonds is 7. The number of halogens is 2. The molecule has 2 aromatic heterocycles. The Morgan fingerprint density at radius 2 is 1.71 bits per heavy atom. The quantitative estimate of drug-likeness (QED) is 0.178. The summed E-state index contributed by atoms with van der Waals surface area (Å²) in [6.45, 7) is 2.34. The summed E-state index contributed by atoms with van der Waals surface area (Å²) in [4.78, 5) is 18.3. The van der Waals surface area contributed by atoms with E-state index in [1.807, 2.05) is 55.5 Å². The van der Waals surface area contributed by atoms with Gasteiger partial charge in [-0.3, -0.25) is 4.79 Å². The van der Waals surface area contributed by atoms with Gasteiger partial charge in [0, 0.05) is 0 Å². The van der Waals surface area contributed by atoms with E-state index in [4.69, 9.17) is 42.1 Å². The van der Waals surface area contributed by atoms with E-state index < -0.39 is 0 Å². The molecule has 6 aromatic rings. The number of aromatic nitrogens is 2. The lowest BCUT2D eigenvalue weighted by molar-refractivity contribution is 0.306. The monoisotopic (exact) mass is 583 g/mol. The number of ether oxygens (including phenoxy) is 2. The van der Waals surface area contributed by atoms with Crippen molar-refractivity contribution in [3.63, 3.8) is 0 Å². The maximum atomic E-state index is 13.6. The summed E-state index contributed by atoms with van der Waals surface area (Å²) in [6, 6.07) is 25.7. The molecule has 204 valence electrons. The van der Waals surface area contributed by atoms with Crippen LogP contribution in [0.15, 0.2) is 99.2 Å². The maximum Gasteiger partial charge on any atom is 0.282 e. The van der Waals surface area contributed by atoms with Crippen molar-refractivity contribution in [1.29, 1.82) is 0 Å². The first-order valence-corrected chi connectivity index (χ1v) is 13.5. The number of fused-ring (bicyclic) bond motifs is 2. The van der Waals surface area contributed by atoms with Crippen LogP contribution in [0, 0.1) is 6.92 Å². The fourth-order valence-corrected chi connectivity index (χ4v) is 5.08. The van der Waals surface area contributed by atoms with Crippen LogP contribution in [0.4, 0.5) is 0 Å². The van der Waals surface area contributed by atoms with Gasteiger partial charge in [-0.15, -0.1) is 0 Å². The highest BCUT2D eigenvalue weighted by molar-refractivity contribution is 6.37. The van der Waals surface area contributed by atoms with Crippen molar-refractivity contribution in [2.24, 2.45) is 5.10 Å². The van der Waals surface area contributed by atoms with Gasteiger partial charge >= 0.3 is 0 Å². The zero-order chi connectivity index (χ0) is 28.5. The largest absolute Gasteiger partial charge is 0.496 e. The highest BCUT2D eigenvalue weighted by Crippen LogP contribution is 2.35. The van der Waals surface area contributed by atoms with E-state index in [2.05, 4.69) is 5.10 Å². The van der Waals surface area contributed by atoms with Gasteiger partial charge in [-0.1, -0.05) is 71.2 Å². The van der Waals surface area contributed by atoms with Crippen LogP contribution in [-0.2, 0) is 6.61 Å². The molecular weight excluding hydrogens is 561 g/mol. The van der Waals surface area contributed by atoms with Crippen LogP contribution >= 0.6 is 23.2 Å². The molecule has 0 amide bonds. The Hall–Kier alpha value is -4.59. The summed E-state index contributed by atoms with van der Waals surface area (Å²) in [5.74, 6) is 1.61. The van der Waals surface area contributed by atoms with Crippen molar-refractivity contribution in [1.82, 2.24) is 9.66 Å². The van der Waals surface area contributed by atoms with E-state index in [1.165, 1.54) is 10.9 Å². The second-order valence-corrected chi connectivity index (χ2v) is 10.2. The zero-order valence-corrected chi connectivity index (χ0v) is 23.6. The minimum atomic E-state index is -0.357. The molecule has 4 aromatic carbocycles. The molecule has 0 aliphatic heterocycles. The molecule has 0 aliphatic carbocycles. The van der Waals surface area contributed by atoms with Gasteiger partial charge in [0.2, 0.25) is 5.82 Å². The fraction of sp³-hybridized carbons (Fsp3) is 0.0938. The number of aryl methyl sites for hydroxylation is 1. The Balaban J connectivity index is 1.38. The lowest BCUT2D eigenvalue weighted by Crippen LogP contribution is -2.20. The van der Waals surface area contributed by atoms with Crippen LogP contribution in [0.2, 0.25) is 10.0 Å². The molecule has 0 saturated heterocycles. The topological polar surface area (TPSA) is 78.9 Å². The fourth-order valence-electron chi connectivity index (χ4n) is 4.47. The summed E-state index contributed by atoms with van der Waals surface area (Å²) in [6.07, 6.45) is 1.49. The van der Waals surface area contributed by atoms with Gasteiger partial charge in [0.05, 0.1) is 39.7 Å². The SMILES string of the molecule is COc1cccc2oc(-c3nc4ccccc4c(=O)n3N=Cc3cc(Cl)c(OCc4ccc(C)cc4)c(Cl)c3)cc12. The smallest absolute Gasteiger partial charge is 0.282 e. The number of para-hydroxylation sites is 1. The minimum Gasteiger partial charge on any atom is -0.496 e. The zero-order valence-electron chi connectivity index (χ0n) is 22.1. The molecule has 0 saturated carbocycles. The lowest BCUT2D eigenvalue weighted by atomic mass is 10.2. The molecule has 0 radical (unpaired) electrons. The van der Waals surface area contributed by atoms with Crippen molar-refractivity contribution in [2.75, 3.05) is 7.11 Å². The Bertz CT molecular complexity index is 1970. The first-order valence-electron chi connectivity index (χ1n) is 12.7. The molecule has 9 heteroatoms. The summed E-state index contributed by atoms with van der Waals surface area (Å²) in [7, 11) is 1.59. The van der Waals surface area contributed by atoms with E-state index >= 15 is 0 Å². The molecule has 6 rings (SSSR count). The van der Waals surface area contributed by atoms with Gasteiger partial charge < -0.3 is 13.9 Å². The summed E-state index contributed by atoms with van der Waals surface area (Å²) in [5.41, 5.74) is 3.48. The van der Waals surface area contributed by atoms with Crippen molar-refractivity contribution < 1.29 is 13.9 Å². The number of nitrogens with zero attached hydrogens (tertiary/aromatic N) is 3. The van der Waals surface area contributed by atoms with Gasteiger partial charge in [0.1, 0.15) is 17.9 Å². The average molecular weight is 584 g/mol. The third-order valence-corrected chi connectivity index (χ3v) is 7.12. The number of hydrogen-bond acceptors (Lipinski definition) is 6. The molecule has 0 aliphatic rings. The normalized spacial score (nSPS) is 11.5. The summed E-state index contributed by atoms with van der Waals surface area (Å²) in [5, 5.41) is 6.30. The second kappa shape index (κ2) is 11.1. The van der Waals surface area contributed by atoms with Gasteiger partial charge in [-0.05, 0) is 60.5 Å². The van der Waals surface area contributed by atoms with Crippen molar-refractivity contribution in [2.45, 2.75) is 13.5 Å². The van der Waals surface area contributed by atoms with Crippen molar-refractivity contribution in [3.05, 3.63) is 122 Å². The Kier molecular flexibility index (Phi) is 7.22. The lowest BCUT2D eigenvalue weighted by Gasteiger charge is -2.11. The van der Waals surface area contributed by atoms with Crippen LogP contribution in [-0.4, -0.2) is 23.0 Å². The summed E-state index contributed by atoms with van der Waals surface area (Å²) >= 11 is 13.1. The highest BCUT2D eigenvalue weighted by Gasteiger charge is 2.18. The van der Waals surface area contributed by atoms with E-state index in [9.17, 15) is 4.79 Å². The Morgan fingerprint density at radius 1 is 0.951 bits per heavy atom. The molecule has 2 heterocycles. The van der Waals surface area contributed by atoms with E-state index in [0.29, 0.717) is 56.0 Å². The van der Waals surface area contributed by atoms with Crippen LogP contribution < -0.4 is 15.0 Å². The molecule has 0 N–H and O–H groups in total. The summed E-state index contributed by atoms with van der Waals surface area (Å²) < 4.78 is 18.7. The minimum absolute atomic E-state index is 0.235. The van der Waals surface area contributed by atoms with Gasteiger partial charge in [0.25, 0.3) is 5.56 Å². The van der Waals surface area contributed by atoms with Crippen molar-refractivity contribution in [3.8, 4) is 23.1 Å². The molecule has 0 fully saturated rings. The average Bonchev–Trinajstić information content (AvgIpc) is 3.42. The van der Waals surface area contributed by atoms with Gasteiger partial charge in [-0.25, -0.2) is 4.98 Å². The first-order chi connectivity index (χ1) is 19.9. The predicted octanol–water partition coefficient (Wildman–Crippen LogP) is 7.89. The number of hydrogen-bond donors (Lipinski definition) is 0. The predicted molar refractivity (Wildman–Crippen MR) is 163 cm³/mol. The Labute approximate surface area is 245 Å². The van der Waals surface area contributed by atoms with Crippen LogP contribution in [0.3, 0.4) is 0 Å². The molecule has 0 bridgehead atoms. The standard InChI is InChI=1S/C32H23Cl2N3O4/c1-19-10-12-20(13-11-19)18-40-30-24(33)14-21(15-25(30)34)17-35-37-31(36-26-7-4-3-6-22(26)32(37)38)29-16-23-27(39-2)8-5-9-28(23)41-29/h3-17H,18H2,1-2H3. The number of furan rings is 1. The van der Waals surface area contributed by atoms with Crippen molar-refractivity contribution >= 4 is 51.3 Å². The van der Waals surface area contributed by atoms with Crippen LogP contribution in [0.25, 0.3) is 33.5 Å². The highest BCUT2D eigenvalue weighted by atomic mass is 35.5. The second-order valence-electron chi connectivity index (χ2n) is 9.38. The molecule has 0 spiro atoms. The van der Waals surface area contributed by atoms with E-state index in [0.717, 1.165) is 16.5 Å². The van der Waals surface area contributed by atoms with E-state index in [1.54, 1.807) is 43.5 Å². The molecular formula is C32H23Cl2N3O4. The third-order valence-electron chi connectivity index (χ3n) is 6.56. The molecule has 7 nitrogen and oxygen atoms in total. The maximum absolute atomic E-state index is 13.6.